The molecule has 0 aromatic heterocycles. The Morgan fingerprint density at radius 1 is 0.733 bits per heavy atom. The Morgan fingerprint density at radius 2 is 1.07 bits per heavy atom. The molecule has 5 heteroatoms. The summed E-state index contributed by atoms with van der Waals surface area (Å²) in [5.41, 5.74) is 0. The van der Waals surface area contributed by atoms with Gasteiger partial charge in [0.15, 0.2) is 0 Å². The second-order valence-electron chi connectivity index (χ2n) is 2.36. The SMILES string of the molecule is O.O.[CH-]1CCCO1.[CH-]1CCCO1.[CH3-].[CH3-].[Co]. The Morgan fingerprint density at radius 3 is 1.13 bits per heavy atom. The summed E-state index contributed by atoms with van der Waals surface area (Å²) < 4.78 is 9.64. The average molecular weight is 267 g/mol. The average Bonchev–Trinajstić information content (AvgIpc) is 2.67. The Balaban J connectivity index is -0.0000000333. The van der Waals surface area contributed by atoms with Crippen LogP contribution in [-0.4, -0.2) is 24.2 Å². The van der Waals surface area contributed by atoms with Crippen LogP contribution >= 0.6 is 0 Å². The maximum absolute atomic E-state index is 4.82. The minimum Gasteiger partial charge on any atom is -0.552 e. The van der Waals surface area contributed by atoms with E-state index in [1.54, 1.807) is 0 Å². The summed E-state index contributed by atoms with van der Waals surface area (Å²) in [6, 6.07) is 0. The molecule has 4 nitrogen and oxygen atoms in total. The standard InChI is InChI=1S/2C4H7O.2CH3.Co.2H2O/c2*1-2-4-5-3-1;;;;;/h2*3H,1-2,4H2;2*1H3;;2*1H2/q4*-1;;;. The molecule has 0 atom stereocenters. The van der Waals surface area contributed by atoms with Crippen LogP contribution in [0.2, 0.25) is 0 Å². The molecule has 0 saturated carbocycles. The molecule has 15 heavy (non-hydrogen) atoms. The van der Waals surface area contributed by atoms with E-state index in [2.05, 4.69) is 0 Å². The fraction of sp³-hybridized carbons (Fsp3) is 0.600. The van der Waals surface area contributed by atoms with Gasteiger partial charge in [0.2, 0.25) is 0 Å². The molecule has 2 rings (SSSR count). The van der Waals surface area contributed by atoms with Crippen LogP contribution in [0.1, 0.15) is 25.7 Å². The fourth-order valence-electron chi connectivity index (χ4n) is 0.833. The van der Waals surface area contributed by atoms with Gasteiger partial charge in [-0.2, -0.15) is 12.8 Å². The Hall–Kier alpha value is 0.346. The molecule has 0 spiro atoms. The first-order chi connectivity index (χ1) is 5.00. The first kappa shape index (κ1) is 29.5. The summed E-state index contributed by atoms with van der Waals surface area (Å²) >= 11 is 0. The van der Waals surface area contributed by atoms with Crippen LogP contribution in [0.3, 0.4) is 0 Å². The van der Waals surface area contributed by atoms with Gasteiger partial charge in [0.05, 0.1) is 0 Å². The minimum absolute atomic E-state index is 0. The van der Waals surface area contributed by atoms with Gasteiger partial charge in [-0.25, -0.2) is 13.2 Å². The van der Waals surface area contributed by atoms with Crippen molar-refractivity contribution in [2.45, 2.75) is 25.7 Å². The largest absolute Gasteiger partial charge is 0.552 e. The van der Waals surface area contributed by atoms with E-state index >= 15 is 0 Å². The summed E-state index contributed by atoms with van der Waals surface area (Å²) in [7, 11) is 0. The maximum atomic E-state index is 4.82. The van der Waals surface area contributed by atoms with Crippen molar-refractivity contribution in [2.24, 2.45) is 0 Å². The number of hydrogen-bond acceptors (Lipinski definition) is 2. The number of ether oxygens (including phenoxy) is 2. The molecule has 2 heterocycles. The van der Waals surface area contributed by atoms with Crippen molar-refractivity contribution in [3.05, 3.63) is 28.1 Å². The molecule has 2 fully saturated rings. The smallest absolute Gasteiger partial charge is 0.00878 e. The third kappa shape index (κ3) is 20.4. The Labute approximate surface area is 105 Å². The van der Waals surface area contributed by atoms with Crippen molar-refractivity contribution in [3.63, 3.8) is 0 Å². The molecule has 0 unspecified atom stereocenters. The van der Waals surface area contributed by atoms with Crippen molar-refractivity contribution < 1.29 is 37.2 Å². The molecular formula is C10H24CoO4-4. The van der Waals surface area contributed by atoms with Crippen LogP contribution in [0.5, 0.6) is 0 Å². The third-order valence-electron chi connectivity index (χ3n) is 1.40. The van der Waals surface area contributed by atoms with Gasteiger partial charge in [0, 0.05) is 30.0 Å². The van der Waals surface area contributed by atoms with Crippen LogP contribution < -0.4 is 0 Å². The van der Waals surface area contributed by atoms with Gasteiger partial charge >= 0.3 is 0 Å². The monoisotopic (exact) mass is 267 g/mol. The number of hydrogen-bond donors (Lipinski definition) is 0. The van der Waals surface area contributed by atoms with Crippen molar-refractivity contribution in [1.29, 1.82) is 0 Å². The maximum Gasteiger partial charge on any atom is 0.00878 e. The zero-order valence-electron chi connectivity index (χ0n) is 9.55. The Bertz CT molecular complexity index is 50.6. The molecule has 1 radical (unpaired) electrons. The topological polar surface area (TPSA) is 81.5 Å². The summed E-state index contributed by atoms with van der Waals surface area (Å²) in [6.07, 6.45) is 4.75. The molecule has 0 aromatic carbocycles. The molecule has 2 aliphatic rings. The second kappa shape index (κ2) is 23.9. The van der Waals surface area contributed by atoms with E-state index in [-0.39, 0.29) is 42.6 Å². The summed E-state index contributed by atoms with van der Waals surface area (Å²) in [5, 5.41) is 0. The van der Waals surface area contributed by atoms with E-state index in [1.807, 2.05) is 13.2 Å². The molecule has 0 aromatic rings. The molecule has 0 amide bonds. The van der Waals surface area contributed by atoms with E-state index in [9.17, 15) is 0 Å². The molecule has 0 aliphatic carbocycles. The summed E-state index contributed by atoms with van der Waals surface area (Å²) in [6.45, 7) is 5.61. The third-order valence-corrected chi connectivity index (χ3v) is 1.40. The first-order valence-electron chi connectivity index (χ1n) is 3.87. The zero-order valence-corrected chi connectivity index (χ0v) is 10.6. The van der Waals surface area contributed by atoms with Crippen molar-refractivity contribution in [1.82, 2.24) is 0 Å². The summed E-state index contributed by atoms with van der Waals surface area (Å²) in [5.74, 6) is 0. The van der Waals surface area contributed by atoms with E-state index in [0.29, 0.717) is 0 Å². The van der Waals surface area contributed by atoms with Crippen molar-refractivity contribution in [3.8, 4) is 0 Å². The first-order valence-corrected chi connectivity index (χ1v) is 3.87. The van der Waals surface area contributed by atoms with Gasteiger partial charge in [-0.15, -0.1) is 0 Å². The van der Waals surface area contributed by atoms with Gasteiger partial charge in [0.1, 0.15) is 0 Å². The molecular weight excluding hydrogens is 243 g/mol. The van der Waals surface area contributed by atoms with E-state index in [1.165, 1.54) is 12.8 Å². The predicted octanol–water partition coefficient (Wildman–Crippen LogP) is 1.17. The van der Waals surface area contributed by atoms with Crippen LogP contribution in [-0.2, 0) is 26.3 Å². The second-order valence-corrected chi connectivity index (χ2v) is 2.36. The number of rotatable bonds is 0. The van der Waals surface area contributed by atoms with E-state index in [0.717, 1.165) is 26.1 Å². The van der Waals surface area contributed by atoms with E-state index < -0.39 is 0 Å². The molecule has 101 valence electrons. The molecule has 2 saturated heterocycles. The van der Waals surface area contributed by atoms with Gasteiger partial charge < -0.3 is 35.3 Å². The van der Waals surface area contributed by atoms with Crippen LogP contribution in [0.15, 0.2) is 0 Å². The summed E-state index contributed by atoms with van der Waals surface area (Å²) in [4.78, 5) is 0. The van der Waals surface area contributed by atoms with Gasteiger partial charge in [0.25, 0.3) is 0 Å². The van der Waals surface area contributed by atoms with E-state index in [4.69, 9.17) is 9.47 Å². The van der Waals surface area contributed by atoms with Gasteiger partial charge in [-0.1, -0.05) is 12.8 Å². The van der Waals surface area contributed by atoms with Crippen LogP contribution in [0, 0.1) is 28.1 Å². The minimum atomic E-state index is 0. The van der Waals surface area contributed by atoms with Crippen LogP contribution in [0.25, 0.3) is 0 Å². The Kier molecular flexibility index (Phi) is 47.0. The normalized spacial score (nSPS) is 16.0. The van der Waals surface area contributed by atoms with Crippen molar-refractivity contribution in [2.75, 3.05) is 13.2 Å². The van der Waals surface area contributed by atoms with Crippen molar-refractivity contribution >= 4 is 0 Å². The molecule has 4 N–H and O–H groups in total. The van der Waals surface area contributed by atoms with Gasteiger partial charge in [-0.3, -0.25) is 0 Å². The molecule has 0 bridgehead atoms. The quantitative estimate of drug-likeness (QED) is 0.617. The fourth-order valence-corrected chi connectivity index (χ4v) is 0.833. The van der Waals surface area contributed by atoms with Gasteiger partial charge in [-0.05, 0) is 0 Å². The molecule has 2 aliphatic heterocycles. The predicted molar refractivity (Wildman–Crippen MR) is 59.0 cm³/mol. The zero-order chi connectivity index (χ0) is 7.07. The van der Waals surface area contributed by atoms with Crippen LogP contribution in [0.4, 0.5) is 0 Å².